The van der Waals surface area contributed by atoms with E-state index in [1.54, 1.807) is 6.07 Å². The lowest BCUT2D eigenvalue weighted by atomic mass is 9.93. The predicted molar refractivity (Wildman–Crippen MR) is 183 cm³/mol. The molecule has 0 radical (unpaired) electrons. The summed E-state index contributed by atoms with van der Waals surface area (Å²) in [7, 11) is 0. The van der Waals surface area contributed by atoms with Gasteiger partial charge in [-0.1, -0.05) is 103 Å². The quantitative estimate of drug-likeness (QED) is 0.223. The van der Waals surface area contributed by atoms with Crippen molar-refractivity contribution < 1.29 is 4.79 Å². The Hall–Kier alpha value is -4.39. The van der Waals surface area contributed by atoms with Crippen LogP contribution in [0.3, 0.4) is 0 Å². The van der Waals surface area contributed by atoms with Gasteiger partial charge in [-0.3, -0.25) is 14.5 Å². The lowest BCUT2D eigenvalue weighted by Crippen LogP contribution is -2.53. The van der Waals surface area contributed by atoms with Crippen LogP contribution in [0.2, 0.25) is 5.02 Å². The van der Waals surface area contributed by atoms with E-state index in [0.717, 1.165) is 54.5 Å². The minimum atomic E-state index is -0.164. The number of halogens is 1. The minimum absolute atomic E-state index is 0.141. The first-order chi connectivity index (χ1) is 22.1. The van der Waals surface area contributed by atoms with Crippen LogP contribution in [0, 0.1) is 5.92 Å². The van der Waals surface area contributed by atoms with Crippen molar-refractivity contribution in [1.82, 2.24) is 14.8 Å². The van der Waals surface area contributed by atoms with Crippen molar-refractivity contribution in [1.29, 1.82) is 0 Å². The Morgan fingerprint density at radius 3 is 2.04 bits per heavy atom. The molecule has 45 heavy (non-hydrogen) atoms. The molecule has 7 rings (SSSR count). The molecule has 0 aliphatic carbocycles. The molecule has 2 saturated heterocycles. The average Bonchev–Trinajstić information content (AvgIpc) is 3.09. The second kappa shape index (κ2) is 12.9. The molecular weight excluding hydrogens is 580 g/mol. The molecule has 1 N–H and O–H groups in total. The van der Waals surface area contributed by atoms with Gasteiger partial charge in [0.1, 0.15) is 5.69 Å². The maximum Gasteiger partial charge on any atom is 0.272 e. The van der Waals surface area contributed by atoms with Gasteiger partial charge >= 0.3 is 0 Å². The van der Waals surface area contributed by atoms with Gasteiger partial charge in [0.05, 0.1) is 12.0 Å². The number of pyridine rings is 1. The number of fused-ring (bicyclic) bond motifs is 1. The summed E-state index contributed by atoms with van der Waals surface area (Å²) in [5, 5.41) is 1.52. The van der Waals surface area contributed by atoms with Gasteiger partial charge in [-0.25, -0.2) is 0 Å². The summed E-state index contributed by atoms with van der Waals surface area (Å²) in [5.74, 6) is 0.0271. The summed E-state index contributed by atoms with van der Waals surface area (Å²) < 4.78 is 0. The molecular formula is C38H37ClN4O2. The highest BCUT2D eigenvalue weighted by molar-refractivity contribution is 6.31. The first-order valence-electron chi connectivity index (χ1n) is 15.9. The van der Waals surface area contributed by atoms with E-state index in [-0.39, 0.29) is 23.4 Å². The van der Waals surface area contributed by atoms with Crippen LogP contribution in [-0.4, -0.2) is 60.0 Å². The Balaban J connectivity index is 1.12. The van der Waals surface area contributed by atoms with Gasteiger partial charge < -0.3 is 14.8 Å². The van der Waals surface area contributed by atoms with Gasteiger partial charge in [0.25, 0.3) is 5.56 Å². The third-order valence-electron chi connectivity index (χ3n) is 9.32. The number of carbonyl (C=O) groups excluding carboxylic acids is 1. The Labute approximate surface area is 268 Å². The zero-order chi connectivity index (χ0) is 30.8. The molecule has 5 aromatic rings. The van der Waals surface area contributed by atoms with E-state index < -0.39 is 0 Å². The summed E-state index contributed by atoms with van der Waals surface area (Å²) in [6.07, 6.45) is 1.67. The largest absolute Gasteiger partial charge is 0.366 e. The molecule has 1 amide bonds. The Morgan fingerprint density at radius 2 is 1.40 bits per heavy atom. The fourth-order valence-electron chi connectivity index (χ4n) is 7.18. The van der Waals surface area contributed by atoms with Crippen molar-refractivity contribution in [3.05, 3.63) is 136 Å². The number of piperidine rings is 1. The predicted octanol–water partition coefficient (Wildman–Crippen LogP) is 7.00. The number of anilines is 1. The van der Waals surface area contributed by atoms with Crippen LogP contribution in [-0.2, 0) is 4.79 Å². The average molecular weight is 617 g/mol. The number of nitrogens with one attached hydrogen (secondary N) is 1. The number of amides is 1. The second-order valence-corrected chi connectivity index (χ2v) is 12.5. The van der Waals surface area contributed by atoms with Gasteiger partial charge in [0, 0.05) is 60.8 Å². The first kappa shape index (κ1) is 29.3. The number of aromatic nitrogens is 1. The van der Waals surface area contributed by atoms with Crippen molar-refractivity contribution >= 4 is 34.1 Å². The molecule has 4 aromatic carbocycles. The van der Waals surface area contributed by atoms with Crippen LogP contribution in [0.25, 0.3) is 22.0 Å². The van der Waals surface area contributed by atoms with Crippen molar-refractivity contribution in [2.75, 3.05) is 44.2 Å². The van der Waals surface area contributed by atoms with Crippen molar-refractivity contribution in [2.24, 2.45) is 5.92 Å². The van der Waals surface area contributed by atoms with Crippen LogP contribution in [0.1, 0.15) is 30.0 Å². The molecule has 0 bridgehead atoms. The molecule has 2 aliphatic heterocycles. The van der Waals surface area contributed by atoms with Gasteiger partial charge in [0.2, 0.25) is 5.91 Å². The summed E-state index contributed by atoms with van der Waals surface area (Å²) in [5.41, 5.74) is 5.59. The fourth-order valence-corrected chi connectivity index (χ4v) is 7.35. The van der Waals surface area contributed by atoms with Crippen LogP contribution >= 0.6 is 11.6 Å². The maximum atomic E-state index is 14.0. The fraction of sp³-hybridized carbons (Fsp3) is 0.263. The maximum absolute atomic E-state index is 14.0. The minimum Gasteiger partial charge on any atom is -0.366 e. The SMILES string of the molecule is O=C(C1CCCN(c2c(-c3ccccc3)c3cc(Cl)ccc3[nH]c2=O)C1)N1CCN(C(c2ccccc2)c2ccccc2)CC1. The third-order valence-corrected chi connectivity index (χ3v) is 9.56. The third kappa shape index (κ3) is 6.00. The van der Waals surface area contributed by atoms with Gasteiger partial charge in [-0.15, -0.1) is 0 Å². The molecule has 2 aliphatic rings. The molecule has 6 nitrogen and oxygen atoms in total. The molecule has 1 atom stereocenters. The van der Waals surface area contributed by atoms with E-state index in [1.807, 2.05) is 47.4 Å². The Bertz CT molecular complexity index is 1800. The normalized spacial score (nSPS) is 17.6. The number of rotatable bonds is 6. The first-order valence-corrected chi connectivity index (χ1v) is 16.2. The number of piperazine rings is 1. The van der Waals surface area contributed by atoms with Crippen LogP contribution in [0.4, 0.5) is 5.69 Å². The number of benzene rings is 4. The molecule has 228 valence electrons. The number of hydrogen-bond acceptors (Lipinski definition) is 4. The molecule has 2 fully saturated rings. The van der Waals surface area contributed by atoms with E-state index in [2.05, 4.69) is 75.4 Å². The molecule has 1 unspecified atom stereocenters. The zero-order valence-electron chi connectivity index (χ0n) is 25.2. The van der Waals surface area contributed by atoms with Crippen molar-refractivity contribution in [3.8, 4) is 11.1 Å². The van der Waals surface area contributed by atoms with Crippen LogP contribution in [0.5, 0.6) is 0 Å². The molecule has 0 spiro atoms. The summed E-state index contributed by atoms with van der Waals surface area (Å²) >= 11 is 6.45. The summed E-state index contributed by atoms with van der Waals surface area (Å²) in [6, 6.07) is 37.0. The highest BCUT2D eigenvalue weighted by Crippen LogP contribution is 2.37. The van der Waals surface area contributed by atoms with Crippen molar-refractivity contribution in [2.45, 2.75) is 18.9 Å². The smallest absolute Gasteiger partial charge is 0.272 e. The highest BCUT2D eigenvalue weighted by atomic mass is 35.5. The van der Waals surface area contributed by atoms with Gasteiger partial charge in [-0.05, 0) is 47.7 Å². The van der Waals surface area contributed by atoms with Gasteiger partial charge in [0.15, 0.2) is 0 Å². The van der Waals surface area contributed by atoms with Crippen molar-refractivity contribution in [3.63, 3.8) is 0 Å². The highest BCUT2D eigenvalue weighted by Gasteiger charge is 2.34. The number of aromatic amines is 1. The van der Waals surface area contributed by atoms with E-state index in [9.17, 15) is 9.59 Å². The van der Waals surface area contributed by atoms with Crippen LogP contribution < -0.4 is 10.5 Å². The van der Waals surface area contributed by atoms with Gasteiger partial charge in [-0.2, -0.15) is 0 Å². The second-order valence-electron chi connectivity index (χ2n) is 12.1. The van der Waals surface area contributed by atoms with E-state index in [1.165, 1.54) is 11.1 Å². The van der Waals surface area contributed by atoms with E-state index in [4.69, 9.17) is 11.6 Å². The molecule has 7 heteroatoms. The molecule has 0 saturated carbocycles. The Morgan fingerprint density at radius 1 is 0.778 bits per heavy atom. The summed E-state index contributed by atoms with van der Waals surface area (Å²) in [4.78, 5) is 37.5. The number of nitrogens with zero attached hydrogens (tertiary/aromatic N) is 3. The zero-order valence-corrected chi connectivity index (χ0v) is 26.0. The van der Waals surface area contributed by atoms with Crippen LogP contribution in [0.15, 0.2) is 114 Å². The van der Waals surface area contributed by atoms with E-state index >= 15 is 0 Å². The van der Waals surface area contributed by atoms with E-state index in [0.29, 0.717) is 30.3 Å². The lowest BCUT2D eigenvalue weighted by molar-refractivity contribution is -0.137. The topological polar surface area (TPSA) is 59.7 Å². The molecule has 3 heterocycles. The monoisotopic (exact) mass is 616 g/mol. The molecule has 1 aromatic heterocycles. The standard InChI is InChI=1S/C38H37ClN4O2/c39-31-18-19-33-32(25-31)34(27-11-4-1-5-12-27)36(37(44)40-33)43-20-10-17-30(26-43)38(45)42-23-21-41(22-24-42)35(28-13-6-2-7-14-28)29-15-8-3-9-16-29/h1-9,11-16,18-19,25,30,35H,10,17,20-24,26H2,(H,40,44). The Kier molecular flexibility index (Phi) is 8.42. The summed E-state index contributed by atoms with van der Waals surface area (Å²) in [6.45, 7) is 4.23. The lowest BCUT2D eigenvalue weighted by Gasteiger charge is -2.42. The number of carbonyl (C=O) groups is 1. The number of H-pyrrole nitrogens is 1. The number of hydrogen-bond donors (Lipinski definition) is 1.